The van der Waals surface area contributed by atoms with Crippen molar-refractivity contribution >= 4 is 28.4 Å². The number of anilines is 2. The number of alkyl halides is 2. The van der Waals surface area contributed by atoms with Crippen molar-refractivity contribution in [2.75, 3.05) is 37.4 Å². The van der Waals surface area contributed by atoms with Crippen molar-refractivity contribution in [2.45, 2.75) is 57.4 Å². The van der Waals surface area contributed by atoms with Gasteiger partial charge in [-0.1, -0.05) is 0 Å². The monoisotopic (exact) mass is 484 g/mol. The first kappa shape index (κ1) is 23.5. The Labute approximate surface area is 202 Å². The Balaban J connectivity index is 1.68. The van der Waals surface area contributed by atoms with E-state index in [1.807, 2.05) is 0 Å². The van der Waals surface area contributed by atoms with Crippen LogP contribution in [0, 0.1) is 0 Å². The quantitative estimate of drug-likeness (QED) is 0.571. The first-order valence-electron chi connectivity index (χ1n) is 11.8. The molecule has 11 heteroatoms. The maximum Gasteiger partial charge on any atom is 0.303 e. The van der Waals surface area contributed by atoms with Gasteiger partial charge in [0.05, 0.1) is 10.9 Å². The molecule has 9 nitrogen and oxygen atoms in total. The molecular formula is C24H30F2N8O. The Kier molecular flexibility index (Phi) is 5.50. The molecule has 1 saturated heterocycles. The molecule has 1 atom stereocenters. The smallest absolute Gasteiger partial charge is 0.303 e. The van der Waals surface area contributed by atoms with E-state index < -0.39 is 11.7 Å². The Morgan fingerprint density at radius 1 is 1.26 bits per heavy atom. The molecule has 3 aromatic heterocycles. The maximum absolute atomic E-state index is 14.3. The molecule has 35 heavy (non-hydrogen) atoms. The maximum atomic E-state index is 14.3. The lowest BCUT2D eigenvalue weighted by molar-refractivity contribution is -0.114. The largest absolute Gasteiger partial charge is 0.353 e. The molecule has 186 valence electrons. The highest BCUT2D eigenvalue weighted by atomic mass is 19.3. The van der Waals surface area contributed by atoms with Crippen LogP contribution in [0.4, 0.5) is 20.4 Å². The van der Waals surface area contributed by atoms with Gasteiger partial charge in [-0.15, -0.1) is 5.10 Å². The Morgan fingerprint density at radius 2 is 2.00 bits per heavy atom. The van der Waals surface area contributed by atoms with Gasteiger partial charge < -0.3 is 15.1 Å². The summed E-state index contributed by atoms with van der Waals surface area (Å²) in [5.74, 6) is -2.44. The zero-order valence-corrected chi connectivity index (χ0v) is 20.6. The minimum Gasteiger partial charge on any atom is -0.353 e. The van der Waals surface area contributed by atoms with Crippen LogP contribution in [0.2, 0.25) is 0 Å². The molecule has 5 rings (SSSR count). The summed E-state index contributed by atoms with van der Waals surface area (Å²) in [6, 6.07) is 3.45. The van der Waals surface area contributed by atoms with Crippen LogP contribution in [-0.4, -0.2) is 68.3 Å². The van der Waals surface area contributed by atoms with Gasteiger partial charge in [-0.05, 0) is 40.3 Å². The third-order valence-electron chi connectivity index (χ3n) is 7.02. The van der Waals surface area contributed by atoms with Gasteiger partial charge in [-0.3, -0.25) is 4.79 Å². The van der Waals surface area contributed by atoms with Gasteiger partial charge in [0.25, 0.3) is 0 Å². The van der Waals surface area contributed by atoms with Gasteiger partial charge in [0.2, 0.25) is 11.7 Å². The number of rotatable bonds is 6. The number of aromatic nitrogens is 5. The molecular weight excluding hydrogens is 454 g/mol. The predicted molar refractivity (Wildman–Crippen MR) is 129 cm³/mol. The number of hydrogen-bond acceptors (Lipinski definition) is 7. The van der Waals surface area contributed by atoms with E-state index >= 15 is 0 Å². The number of hydrogen-bond donors (Lipinski definition) is 1. The number of nitrogens with one attached hydrogen (secondary N) is 1. The van der Waals surface area contributed by atoms with Crippen molar-refractivity contribution < 1.29 is 13.6 Å². The molecule has 2 aliphatic rings. The zero-order valence-electron chi connectivity index (χ0n) is 20.6. The van der Waals surface area contributed by atoms with E-state index in [4.69, 9.17) is 5.10 Å². The molecule has 1 N–H and O–H groups in total. The molecule has 1 saturated carbocycles. The van der Waals surface area contributed by atoms with Crippen LogP contribution < -0.4 is 10.2 Å². The summed E-state index contributed by atoms with van der Waals surface area (Å²) in [6.45, 7) is 5.98. The first-order valence-corrected chi connectivity index (χ1v) is 11.8. The summed E-state index contributed by atoms with van der Waals surface area (Å²) in [5, 5.41) is 8.32. The second-order valence-electron chi connectivity index (χ2n) is 10.2. The second-order valence-corrected chi connectivity index (χ2v) is 10.2. The molecule has 0 aromatic carbocycles. The van der Waals surface area contributed by atoms with E-state index in [9.17, 15) is 13.6 Å². The number of pyridine rings is 1. The van der Waals surface area contributed by atoms with Crippen LogP contribution in [0.5, 0.6) is 0 Å². The van der Waals surface area contributed by atoms with E-state index in [1.54, 1.807) is 23.0 Å². The minimum absolute atomic E-state index is 0.0227. The lowest BCUT2D eigenvalue weighted by Crippen LogP contribution is -2.43. The highest BCUT2D eigenvalue weighted by molar-refractivity contribution is 5.95. The van der Waals surface area contributed by atoms with Gasteiger partial charge in [0, 0.05) is 62.4 Å². The van der Waals surface area contributed by atoms with E-state index in [1.165, 1.54) is 6.92 Å². The van der Waals surface area contributed by atoms with Crippen LogP contribution in [-0.2, 0) is 10.7 Å². The van der Waals surface area contributed by atoms with Crippen molar-refractivity contribution in [3.8, 4) is 5.82 Å². The van der Waals surface area contributed by atoms with Gasteiger partial charge in [-0.2, -0.15) is 8.78 Å². The van der Waals surface area contributed by atoms with Crippen molar-refractivity contribution in [3.63, 3.8) is 0 Å². The normalized spacial score (nSPS) is 20.7. The summed E-state index contributed by atoms with van der Waals surface area (Å²) < 4.78 is 30.2. The Bertz CT molecular complexity index is 1300. The Hall–Kier alpha value is -3.21. The first-order chi connectivity index (χ1) is 16.4. The number of nitrogens with zero attached hydrogens (tertiary/aromatic N) is 7. The molecule has 0 spiro atoms. The fourth-order valence-corrected chi connectivity index (χ4v) is 4.49. The van der Waals surface area contributed by atoms with Gasteiger partial charge >= 0.3 is 5.92 Å². The van der Waals surface area contributed by atoms with Gasteiger partial charge in [-0.25, -0.2) is 19.6 Å². The number of carbonyl (C=O) groups is 1. The van der Waals surface area contributed by atoms with Crippen LogP contribution in [0.1, 0.15) is 57.5 Å². The second kappa shape index (κ2) is 8.18. The van der Waals surface area contributed by atoms with Crippen LogP contribution in [0.25, 0.3) is 16.7 Å². The van der Waals surface area contributed by atoms with Gasteiger partial charge in [0.1, 0.15) is 5.82 Å². The van der Waals surface area contributed by atoms with E-state index in [0.717, 1.165) is 44.7 Å². The van der Waals surface area contributed by atoms with E-state index in [-0.39, 0.29) is 23.2 Å². The number of fused-ring (bicyclic) bond motifs is 1. The van der Waals surface area contributed by atoms with Crippen LogP contribution in [0.3, 0.4) is 0 Å². The minimum atomic E-state index is -3.18. The molecule has 0 bridgehead atoms. The lowest BCUT2D eigenvalue weighted by Gasteiger charge is -2.32. The highest BCUT2D eigenvalue weighted by Gasteiger charge is 2.38. The van der Waals surface area contributed by atoms with Crippen molar-refractivity contribution in [1.82, 2.24) is 29.6 Å². The fraction of sp³-hybridized carbons (Fsp3) is 0.542. The number of amides is 1. The molecule has 0 radical (unpaired) electrons. The van der Waals surface area contributed by atoms with E-state index in [2.05, 4.69) is 51.1 Å². The van der Waals surface area contributed by atoms with Gasteiger partial charge in [0.15, 0.2) is 11.6 Å². The van der Waals surface area contributed by atoms with Crippen LogP contribution >= 0.6 is 0 Å². The molecule has 3 aromatic rings. The summed E-state index contributed by atoms with van der Waals surface area (Å²) in [4.78, 5) is 28.8. The van der Waals surface area contributed by atoms with Crippen molar-refractivity contribution in [2.24, 2.45) is 0 Å². The number of halogens is 2. The number of likely N-dealkylation sites (N-methyl/N-ethyl adjacent to an activating group) is 1. The van der Waals surface area contributed by atoms with Crippen molar-refractivity contribution in [3.05, 3.63) is 29.8 Å². The van der Waals surface area contributed by atoms with E-state index in [0.29, 0.717) is 22.8 Å². The van der Waals surface area contributed by atoms with Crippen LogP contribution in [0.15, 0.2) is 18.3 Å². The van der Waals surface area contributed by atoms with Crippen molar-refractivity contribution in [1.29, 1.82) is 0 Å². The number of carbonyl (C=O) groups excluding carboxylic acids is 1. The topological polar surface area (TPSA) is 92.1 Å². The Morgan fingerprint density at radius 3 is 2.60 bits per heavy atom. The molecule has 1 amide bonds. The average molecular weight is 485 g/mol. The molecule has 2 fully saturated rings. The molecule has 1 aliphatic heterocycles. The SMILES string of the molecule is CC(=O)Nc1cc2c(cn1)c(N1CCC(C)(N(C)C)C1)nn2-c1cc(C2CC2)nc(C(C)(F)F)n1. The lowest BCUT2D eigenvalue weighted by atomic mass is 10.0. The summed E-state index contributed by atoms with van der Waals surface area (Å²) in [6.07, 6.45) is 4.47. The standard InChI is InChI=1S/C24H30F2N8O/c1-14(35)28-19-11-18-16(12-27-19)21(33-9-8-23(2,13-33)32(4)5)31-34(18)20-10-17(15-6-7-15)29-22(30-20)24(3,25)26/h10-12,15H,6-9,13H2,1-5H3,(H,27,28,35). The predicted octanol–water partition coefficient (Wildman–Crippen LogP) is 3.69. The molecule has 1 unspecified atom stereocenters. The summed E-state index contributed by atoms with van der Waals surface area (Å²) in [7, 11) is 4.13. The highest BCUT2D eigenvalue weighted by Crippen LogP contribution is 2.41. The summed E-state index contributed by atoms with van der Waals surface area (Å²) >= 11 is 0. The fourth-order valence-electron chi connectivity index (χ4n) is 4.49. The molecule has 1 aliphatic carbocycles. The third kappa shape index (κ3) is 4.44. The molecule has 4 heterocycles. The average Bonchev–Trinajstić information content (AvgIpc) is 3.45. The zero-order chi connectivity index (χ0) is 25.1. The summed E-state index contributed by atoms with van der Waals surface area (Å²) in [5.41, 5.74) is 1.21. The third-order valence-corrected chi connectivity index (χ3v) is 7.02.